The van der Waals surface area contributed by atoms with E-state index in [1.165, 1.54) is 17.8 Å². The van der Waals surface area contributed by atoms with Crippen LogP contribution in [0.1, 0.15) is 22.7 Å². The molecule has 0 radical (unpaired) electrons. The van der Waals surface area contributed by atoms with Crippen LogP contribution in [0.25, 0.3) is 0 Å². The van der Waals surface area contributed by atoms with Gasteiger partial charge in [0.2, 0.25) is 5.76 Å². The summed E-state index contributed by atoms with van der Waals surface area (Å²) in [4.78, 5) is 20.6. The van der Waals surface area contributed by atoms with Gasteiger partial charge in [-0.1, -0.05) is 0 Å². The molecular weight excluding hydrogens is 220 g/mol. The molecule has 0 aliphatic heterocycles. The van der Waals surface area contributed by atoms with Crippen LogP contribution in [-0.4, -0.2) is 27.9 Å². The van der Waals surface area contributed by atoms with E-state index in [1.807, 2.05) is 0 Å². The van der Waals surface area contributed by atoms with Crippen LogP contribution in [0, 0.1) is 0 Å². The lowest BCUT2D eigenvalue weighted by Crippen LogP contribution is -1.96. The van der Waals surface area contributed by atoms with Crippen LogP contribution < -0.4 is 0 Å². The van der Waals surface area contributed by atoms with E-state index in [0.29, 0.717) is 17.3 Å². The highest BCUT2D eigenvalue weighted by atomic mass is 32.2. The molecule has 0 saturated heterocycles. The second-order valence-electron chi connectivity index (χ2n) is 2.77. The van der Waals surface area contributed by atoms with Gasteiger partial charge < -0.3 is 14.6 Å². The predicted molar refractivity (Wildman–Crippen MR) is 54.1 cm³/mol. The van der Waals surface area contributed by atoms with Crippen LogP contribution in [0.15, 0.2) is 16.5 Å². The Morgan fingerprint density at radius 2 is 2.07 bits per heavy atom. The Balaban J connectivity index is 2.31. The van der Waals surface area contributed by atoms with Crippen LogP contribution >= 0.6 is 11.8 Å². The first-order valence-electron chi connectivity index (χ1n) is 4.21. The Hall–Kier alpha value is -1.43. The van der Waals surface area contributed by atoms with E-state index < -0.39 is 11.9 Å². The third kappa shape index (κ3) is 4.07. The summed E-state index contributed by atoms with van der Waals surface area (Å²) in [5, 5.41) is 16.9. The summed E-state index contributed by atoms with van der Waals surface area (Å²) < 4.78 is 4.98. The average Bonchev–Trinajstić information content (AvgIpc) is 2.60. The van der Waals surface area contributed by atoms with Crippen molar-refractivity contribution in [3.63, 3.8) is 0 Å². The Morgan fingerprint density at radius 1 is 1.33 bits per heavy atom. The van der Waals surface area contributed by atoms with Gasteiger partial charge in [0.15, 0.2) is 0 Å². The fraction of sp³-hybridized carbons (Fsp3) is 0.333. The van der Waals surface area contributed by atoms with Gasteiger partial charge in [-0.3, -0.25) is 4.79 Å². The Labute approximate surface area is 90.1 Å². The maximum absolute atomic E-state index is 10.5. The molecule has 0 fully saturated rings. The van der Waals surface area contributed by atoms with E-state index in [9.17, 15) is 9.59 Å². The van der Waals surface area contributed by atoms with E-state index in [1.54, 1.807) is 6.07 Å². The number of aliphatic carboxylic acids is 1. The van der Waals surface area contributed by atoms with Crippen molar-refractivity contribution in [2.45, 2.75) is 12.2 Å². The fourth-order valence-electron chi connectivity index (χ4n) is 0.903. The summed E-state index contributed by atoms with van der Waals surface area (Å²) in [5.74, 6) is -0.518. The summed E-state index contributed by atoms with van der Waals surface area (Å²) in [6, 6.07) is 2.96. The number of carboxylic acids is 2. The predicted octanol–water partition coefficient (Wildman–Crippen LogP) is 1.69. The number of hydrogen-bond donors (Lipinski definition) is 2. The zero-order valence-corrected chi connectivity index (χ0v) is 8.62. The molecule has 0 aliphatic rings. The molecular formula is C9H10O5S. The van der Waals surface area contributed by atoms with Crippen LogP contribution in [0.4, 0.5) is 0 Å². The first-order chi connectivity index (χ1) is 7.09. The van der Waals surface area contributed by atoms with Crippen LogP contribution in [0.3, 0.4) is 0 Å². The third-order valence-corrected chi connectivity index (χ3v) is 2.56. The number of thioether (sulfide) groups is 1. The van der Waals surface area contributed by atoms with Gasteiger partial charge in [0, 0.05) is 5.75 Å². The zero-order chi connectivity index (χ0) is 11.3. The monoisotopic (exact) mass is 230 g/mol. The standard InChI is InChI=1S/C9H10O5S/c10-8(11)3-4-15-5-6-1-2-7(14-6)9(12)13/h1-2H,3-5H2,(H,10,11)(H,12,13). The smallest absolute Gasteiger partial charge is 0.371 e. The Kier molecular flexibility index (Phi) is 4.23. The first-order valence-corrected chi connectivity index (χ1v) is 5.36. The van der Waals surface area contributed by atoms with Crippen molar-refractivity contribution in [2.24, 2.45) is 0 Å². The summed E-state index contributed by atoms with van der Waals surface area (Å²) in [6.07, 6.45) is 0.0944. The normalized spacial score (nSPS) is 10.1. The number of carbonyl (C=O) groups is 2. The maximum atomic E-state index is 10.5. The lowest BCUT2D eigenvalue weighted by molar-refractivity contribution is -0.136. The quantitative estimate of drug-likeness (QED) is 0.723. The summed E-state index contributed by atoms with van der Waals surface area (Å²) in [5.41, 5.74) is 0. The van der Waals surface area contributed by atoms with Crippen molar-refractivity contribution in [3.05, 3.63) is 23.7 Å². The van der Waals surface area contributed by atoms with Gasteiger partial charge in [-0.15, -0.1) is 0 Å². The molecule has 0 amide bonds. The van der Waals surface area contributed by atoms with Crippen LogP contribution in [0.5, 0.6) is 0 Å². The minimum atomic E-state index is -1.10. The van der Waals surface area contributed by atoms with E-state index in [4.69, 9.17) is 14.6 Å². The molecule has 0 unspecified atom stereocenters. The molecule has 0 bridgehead atoms. The molecule has 82 valence electrons. The van der Waals surface area contributed by atoms with E-state index in [0.717, 1.165) is 0 Å². The van der Waals surface area contributed by atoms with Crippen molar-refractivity contribution in [3.8, 4) is 0 Å². The molecule has 1 rings (SSSR count). The van der Waals surface area contributed by atoms with Gasteiger partial charge in [0.1, 0.15) is 5.76 Å². The van der Waals surface area contributed by atoms with E-state index >= 15 is 0 Å². The van der Waals surface area contributed by atoms with Gasteiger partial charge in [-0.25, -0.2) is 4.79 Å². The summed E-state index contributed by atoms with van der Waals surface area (Å²) in [7, 11) is 0. The van der Waals surface area contributed by atoms with Gasteiger partial charge in [-0.2, -0.15) is 11.8 Å². The molecule has 2 N–H and O–H groups in total. The van der Waals surface area contributed by atoms with Crippen molar-refractivity contribution < 1.29 is 24.2 Å². The number of hydrogen-bond acceptors (Lipinski definition) is 4. The molecule has 6 heteroatoms. The fourth-order valence-corrected chi connectivity index (χ4v) is 1.72. The molecule has 0 spiro atoms. The van der Waals surface area contributed by atoms with Gasteiger partial charge in [0.25, 0.3) is 0 Å². The Bertz CT molecular complexity index is 357. The highest BCUT2D eigenvalue weighted by molar-refractivity contribution is 7.98. The van der Waals surface area contributed by atoms with Crippen LogP contribution in [0.2, 0.25) is 0 Å². The van der Waals surface area contributed by atoms with E-state index in [-0.39, 0.29) is 12.2 Å². The second-order valence-corrected chi connectivity index (χ2v) is 3.87. The minimum absolute atomic E-state index is 0.0937. The maximum Gasteiger partial charge on any atom is 0.371 e. The van der Waals surface area contributed by atoms with E-state index in [2.05, 4.69) is 0 Å². The zero-order valence-electron chi connectivity index (χ0n) is 7.80. The van der Waals surface area contributed by atoms with Gasteiger partial charge in [0.05, 0.1) is 12.2 Å². The average molecular weight is 230 g/mol. The van der Waals surface area contributed by atoms with Crippen LogP contribution in [-0.2, 0) is 10.5 Å². The summed E-state index contributed by atoms with van der Waals surface area (Å²) >= 11 is 1.39. The van der Waals surface area contributed by atoms with Gasteiger partial charge in [-0.05, 0) is 12.1 Å². The highest BCUT2D eigenvalue weighted by Gasteiger charge is 2.08. The molecule has 0 atom stereocenters. The molecule has 0 aliphatic carbocycles. The Morgan fingerprint density at radius 3 is 2.60 bits per heavy atom. The number of carboxylic acid groups (broad SMARTS) is 2. The van der Waals surface area contributed by atoms with Crippen molar-refractivity contribution in [2.75, 3.05) is 5.75 Å². The molecule has 15 heavy (non-hydrogen) atoms. The molecule has 0 aromatic carbocycles. The first kappa shape index (κ1) is 11.6. The molecule has 0 saturated carbocycles. The highest BCUT2D eigenvalue weighted by Crippen LogP contribution is 2.16. The molecule has 1 aromatic rings. The van der Waals surface area contributed by atoms with Crippen molar-refractivity contribution >= 4 is 23.7 Å². The van der Waals surface area contributed by atoms with Gasteiger partial charge >= 0.3 is 11.9 Å². The lowest BCUT2D eigenvalue weighted by atomic mass is 10.4. The SMILES string of the molecule is O=C(O)CCSCc1ccc(C(=O)O)o1. The molecule has 1 aromatic heterocycles. The lowest BCUT2D eigenvalue weighted by Gasteiger charge is -1.95. The number of furan rings is 1. The topological polar surface area (TPSA) is 87.7 Å². The molecule has 1 heterocycles. The molecule has 5 nitrogen and oxygen atoms in total. The second kappa shape index (κ2) is 5.45. The minimum Gasteiger partial charge on any atom is -0.481 e. The third-order valence-electron chi connectivity index (χ3n) is 1.58. The number of aromatic carboxylic acids is 1. The number of rotatable bonds is 6. The largest absolute Gasteiger partial charge is 0.481 e. The van der Waals surface area contributed by atoms with Crippen molar-refractivity contribution in [1.82, 2.24) is 0 Å². The van der Waals surface area contributed by atoms with Crippen molar-refractivity contribution in [1.29, 1.82) is 0 Å². The summed E-state index contributed by atoms with van der Waals surface area (Å²) in [6.45, 7) is 0.